The molecule has 2 rings (SSSR count). The monoisotopic (exact) mass is 413 g/mol. The van der Waals surface area contributed by atoms with Crippen LogP contribution in [0.5, 0.6) is 5.75 Å². The van der Waals surface area contributed by atoms with Crippen molar-refractivity contribution in [3.8, 4) is 5.75 Å². The lowest BCUT2D eigenvalue weighted by Gasteiger charge is -2.11. The van der Waals surface area contributed by atoms with E-state index in [1.54, 1.807) is 12.1 Å². The van der Waals surface area contributed by atoms with Crippen molar-refractivity contribution in [3.05, 3.63) is 53.6 Å². The molecule has 0 fully saturated rings. The van der Waals surface area contributed by atoms with Gasteiger partial charge in [-0.05, 0) is 42.3 Å². The number of ether oxygens (including phenoxy) is 1. The van der Waals surface area contributed by atoms with Crippen LogP contribution in [0.1, 0.15) is 15.9 Å². The average molecular weight is 413 g/mol. The quantitative estimate of drug-likeness (QED) is 0.578. The van der Waals surface area contributed by atoms with Gasteiger partial charge in [-0.1, -0.05) is 12.1 Å². The highest BCUT2D eigenvalue weighted by Crippen LogP contribution is 2.21. The van der Waals surface area contributed by atoms with E-state index >= 15 is 0 Å². The first-order valence-corrected chi connectivity index (χ1v) is 10.7. The van der Waals surface area contributed by atoms with E-state index in [-0.39, 0.29) is 27.6 Å². The molecular formula is C16H19N3O6S2. The first-order chi connectivity index (χ1) is 12.5. The minimum absolute atomic E-state index is 0.000157. The van der Waals surface area contributed by atoms with Crippen LogP contribution in [0.15, 0.2) is 52.3 Å². The van der Waals surface area contributed by atoms with E-state index < -0.39 is 26.0 Å². The van der Waals surface area contributed by atoms with Crippen LogP contribution < -0.4 is 20.3 Å². The number of amides is 1. The fourth-order valence-electron chi connectivity index (χ4n) is 2.30. The Morgan fingerprint density at radius 3 is 2.04 bits per heavy atom. The molecule has 0 bridgehead atoms. The number of hydrogen-bond donors (Lipinski definition) is 3. The van der Waals surface area contributed by atoms with Gasteiger partial charge in [0.2, 0.25) is 20.0 Å². The molecule has 0 aliphatic rings. The molecule has 2 aromatic carbocycles. The van der Waals surface area contributed by atoms with E-state index in [2.05, 4.69) is 5.32 Å². The number of rotatable bonds is 7. The Balaban J connectivity index is 2.07. The van der Waals surface area contributed by atoms with Crippen molar-refractivity contribution < 1.29 is 26.4 Å². The highest BCUT2D eigenvalue weighted by molar-refractivity contribution is 7.89. The normalized spacial score (nSPS) is 11.8. The molecule has 0 unspecified atom stereocenters. The summed E-state index contributed by atoms with van der Waals surface area (Å²) in [4.78, 5) is 12.2. The highest BCUT2D eigenvalue weighted by Gasteiger charge is 2.17. The third kappa shape index (κ3) is 5.50. The maximum Gasteiger partial charge on any atom is 0.255 e. The van der Waals surface area contributed by atoms with Crippen molar-refractivity contribution in [2.24, 2.45) is 10.3 Å². The van der Waals surface area contributed by atoms with Crippen LogP contribution in [0.2, 0.25) is 0 Å². The van der Waals surface area contributed by atoms with Gasteiger partial charge in [-0.3, -0.25) is 4.79 Å². The van der Waals surface area contributed by atoms with Gasteiger partial charge in [-0.2, -0.15) is 0 Å². The minimum Gasteiger partial charge on any atom is -0.496 e. The van der Waals surface area contributed by atoms with Crippen LogP contribution in [0.3, 0.4) is 0 Å². The summed E-state index contributed by atoms with van der Waals surface area (Å²) in [5.41, 5.74) is 0.821. The van der Waals surface area contributed by atoms with Gasteiger partial charge in [0.15, 0.2) is 0 Å². The number of primary sulfonamides is 2. The SMILES string of the molecule is COc1ccc(S(N)(=O)=O)cc1C(=O)NCCc1ccc(S(N)(=O)=O)cc1. The Bertz CT molecular complexity index is 1050. The summed E-state index contributed by atoms with van der Waals surface area (Å²) in [6, 6.07) is 9.68. The second-order valence-corrected chi connectivity index (χ2v) is 8.72. The minimum atomic E-state index is -3.96. The van der Waals surface area contributed by atoms with Gasteiger partial charge in [-0.15, -0.1) is 0 Å². The largest absolute Gasteiger partial charge is 0.496 e. The van der Waals surface area contributed by atoms with Gasteiger partial charge in [0.1, 0.15) is 5.75 Å². The molecule has 1 amide bonds. The number of benzene rings is 2. The second-order valence-electron chi connectivity index (χ2n) is 5.60. The van der Waals surface area contributed by atoms with Crippen LogP contribution in [0, 0.1) is 0 Å². The Morgan fingerprint density at radius 1 is 0.963 bits per heavy atom. The van der Waals surface area contributed by atoms with Crippen LogP contribution >= 0.6 is 0 Å². The summed E-state index contributed by atoms with van der Waals surface area (Å²) < 4.78 is 50.4. The predicted octanol–water partition coefficient (Wildman–Crippen LogP) is -0.0375. The summed E-state index contributed by atoms with van der Waals surface area (Å²) >= 11 is 0. The zero-order valence-corrected chi connectivity index (χ0v) is 16.0. The Hall–Kier alpha value is -2.47. The summed E-state index contributed by atoms with van der Waals surface area (Å²) in [5, 5.41) is 12.8. The molecule has 11 heteroatoms. The van der Waals surface area contributed by atoms with Gasteiger partial charge in [0.05, 0.1) is 22.5 Å². The standard InChI is InChI=1S/C16H19N3O6S2/c1-25-15-7-6-13(27(18,23)24)10-14(15)16(20)19-9-8-11-2-4-12(5-3-11)26(17,21)22/h2-7,10H,8-9H2,1H3,(H,19,20)(H2,17,21,22)(H2,18,23,24). The van der Waals surface area contributed by atoms with E-state index in [1.165, 1.54) is 31.4 Å². The van der Waals surface area contributed by atoms with Crippen molar-refractivity contribution >= 4 is 26.0 Å². The van der Waals surface area contributed by atoms with Crippen molar-refractivity contribution in [2.75, 3.05) is 13.7 Å². The number of sulfonamides is 2. The van der Waals surface area contributed by atoms with E-state index in [1.807, 2.05) is 0 Å². The van der Waals surface area contributed by atoms with Crippen LogP contribution in [-0.2, 0) is 26.5 Å². The fourth-order valence-corrected chi connectivity index (χ4v) is 3.36. The third-order valence-corrected chi connectivity index (χ3v) is 5.54. The van der Waals surface area contributed by atoms with Crippen molar-refractivity contribution in [3.63, 3.8) is 0 Å². The molecule has 5 N–H and O–H groups in total. The Morgan fingerprint density at radius 2 is 1.52 bits per heavy atom. The van der Waals surface area contributed by atoms with E-state index in [4.69, 9.17) is 15.0 Å². The Labute approximate surface area is 157 Å². The van der Waals surface area contributed by atoms with Gasteiger partial charge in [0, 0.05) is 6.54 Å². The smallest absolute Gasteiger partial charge is 0.255 e. The van der Waals surface area contributed by atoms with Crippen molar-refractivity contribution in [2.45, 2.75) is 16.2 Å². The molecule has 146 valence electrons. The van der Waals surface area contributed by atoms with Gasteiger partial charge in [-0.25, -0.2) is 27.1 Å². The van der Waals surface area contributed by atoms with Crippen molar-refractivity contribution in [1.82, 2.24) is 5.32 Å². The summed E-state index contributed by atoms with van der Waals surface area (Å²) in [5.74, 6) is -0.323. The molecule has 0 saturated heterocycles. The number of nitrogens with two attached hydrogens (primary N) is 2. The fraction of sp³-hybridized carbons (Fsp3) is 0.188. The molecule has 0 aromatic heterocycles. The topological polar surface area (TPSA) is 159 Å². The number of methoxy groups -OCH3 is 1. The van der Waals surface area contributed by atoms with Gasteiger partial charge in [0.25, 0.3) is 5.91 Å². The molecule has 0 radical (unpaired) electrons. The lowest BCUT2D eigenvalue weighted by Crippen LogP contribution is -2.26. The average Bonchev–Trinajstić information content (AvgIpc) is 2.60. The van der Waals surface area contributed by atoms with Gasteiger partial charge >= 0.3 is 0 Å². The lowest BCUT2D eigenvalue weighted by molar-refractivity contribution is 0.0951. The van der Waals surface area contributed by atoms with Crippen LogP contribution in [0.25, 0.3) is 0 Å². The summed E-state index contributed by atoms with van der Waals surface area (Å²) in [7, 11) is -6.36. The zero-order chi connectivity index (χ0) is 20.2. The first kappa shape index (κ1) is 20.8. The number of nitrogens with one attached hydrogen (secondary N) is 1. The summed E-state index contributed by atoms with van der Waals surface area (Å²) in [6.45, 7) is 0.232. The Kier molecular flexibility index (Phi) is 6.21. The molecule has 0 aliphatic heterocycles. The van der Waals surface area contributed by atoms with Crippen molar-refractivity contribution in [1.29, 1.82) is 0 Å². The number of carbonyl (C=O) groups excluding carboxylic acids is 1. The molecule has 9 nitrogen and oxygen atoms in total. The second kappa shape index (κ2) is 8.05. The molecule has 0 aliphatic carbocycles. The first-order valence-electron chi connectivity index (χ1n) is 7.63. The molecule has 0 spiro atoms. The molecule has 0 saturated carbocycles. The molecule has 27 heavy (non-hydrogen) atoms. The van der Waals surface area contributed by atoms with E-state index in [9.17, 15) is 21.6 Å². The van der Waals surface area contributed by atoms with E-state index in [0.717, 1.165) is 11.6 Å². The maximum absolute atomic E-state index is 12.4. The zero-order valence-electron chi connectivity index (χ0n) is 14.4. The molecule has 2 aromatic rings. The highest BCUT2D eigenvalue weighted by atomic mass is 32.2. The van der Waals surface area contributed by atoms with Crippen LogP contribution in [-0.4, -0.2) is 36.4 Å². The summed E-state index contributed by atoms with van der Waals surface area (Å²) in [6.07, 6.45) is 0.424. The molecule has 0 heterocycles. The number of hydrogen-bond acceptors (Lipinski definition) is 6. The lowest BCUT2D eigenvalue weighted by atomic mass is 10.1. The van der Waals surface area contributed by atoms with E-state index in [0.29, 0.717) is 6.42 Å². The predicted molar refractivity (Wildman–Crippen MR) is 98.2 cm³/mol. The molecular weight excluding hydrogens is 394 g/mol. The van der Waals surface area contributed by atoms with Gasteiger partial charge < -0.3 is 10.1 Å². The molecule has 0 atom stereocenters. The third-order valence-electron chi connectivity index (χ3n) is 3.70. The maximum atomic E-state index is 12.4. The number of carbonyl (C=O) groups is 1. The van der Waals surface area contributed by atoms with Crippen LogP contribution in [0.4, 0.5) is 0 Å².